The first-order valence-corrected chi connectivity index (χ1v) is 10.7. The Morgan fingerprint density at radius 3 is 2.62 bits per heavy atom. The van der Waals surface area contributed by atoms with E-state index in [0.29, 0.717) is 28.8 Å². The molecule has 0 aliphatic heterocycles. The van der Waals surface area contributed by atoms with Crippen molar-refractivity contribution in [1.29, 1.82) is 0 Å². The first-order valence-electron chi connectivity index (χ1n) is 10.7. The molecule has 0 spiro atoms. The third-order valence-corrected chi connectivity index (χ3v) is 5.57. The summed E-state index contributed by atoms with van der Waals surface area (Å²) in [6, 6.07) is 17.5. The summed E-state index contributed by atoms with van der Waals surface area (Å²) in [6.45, 7) is 1.55. The van der Waals surface area contributed by atoms with Gasteiger partial charge in [0.15, 0.2) is 0 Å². The van der Waals surface area contributed by atoms with E-state index in [1.54, 1.807) is 42.7 Å². The molecule has 0 aliphatic carbocycles. The SMILES string of the molecule is Cc1cc(=O)oc2cc(NC(=O)Cn3nc(Cc4cccnc4)c4ccccc4c3=O)ccc12. The van der Waals surface area contributed by atoms with Crippen molar-refractivity contribution in [2.75, 3.05) is 5.32 Å². The zero-order chi connectivity index (χ0) is 23.7. The van der Waals surface area contributed by atoms with Crippen LogP contribution in [-0.4, -0.2) is 20.7 Å². The minimum absolute atomic E-state index is 0.264. The van der Waals surface area contributed by atoms with Crippen molar-refractivity contribution in [3.05, 3.63) is 111 Å². The van der Waals surface area contributed by atoms with Gasteiger partial charge in [-0.1, -0.05) is 24.3 Å². The third-order valence-electron chi connectivity index (χ3n) is 5.57. The Balaban J connectivity index is 1.46. The Bertz CT molecular complexity index is 1660. The molecule has 0 saturated heterocycles. The van der Waals surface area contributed by atoms with Gasteiger partial charge in [-0.05, 0) is 42.3 Å². The molecule has 8 nitrogen and oxygen atoms in total. The van der Waals surface area contributed by atoms with Gasteiger partial charge in [0.05, 0.1) is 11.1 Å². The summed E-state index contributed by atoms with van der Waals surface area (Å²) in [5, 5.41) is 9.28. The average Bonchev–Trinajstić information content (AvgIpc) is 2.82. The second-order valence-corrected chi connectivity index (χ2v) is 8.00. The van der Waals surface area contributed by atoms with E-state index in [2.05, 4.69) is 15.4 Å². The molecule has 1 amide bonds. The second kappa shape index (κ2) is 8.74. The predicted molar refractivity (Wildman–Crippen MR) is 129 cm³/mol. The number of anilines is 1. The smallest absolute Gasteiger partial charge is 0.336 e. The number of carbonyl (C=O) groups is 1. The van der Waals surface area contributed by atoms with E-state index in [4.69, 9.17) is 4.42 Å². The molecule has 1 N–H and O–H groups in total. The molecule has 3 aromatic heterocycles. The number of rotatable bonds is 5. The number of pyridine rings is 1. The van der Waals surface area contributed by atoms with Gasteiger partial charge in [-0.2, -0.15) is 5.10 Å². The largest absolute Gasteiger partial charge is 0.423 e. The van der Waals surface area contributed by atoms with E-state index in [1.807, 2.05) is 31.2 Å². The Morgan fingerprint density at radius 2 is 1.82 bits per heavy atom. The van der Waals surface area contributed by atoms with Gasteiger partial charge in [-0.25, -0.2) is 9.48 Å². The van der Waals surface area contributed by atoms with E-state index in [1.165, 1.54) is 10.7 Å². The fourth-order valence-corrected chi connectivity index (χ4v) is 3.98. The molecule has 8 heteroatoms. The minimum Gasteiger partial charge on any atom is -0.423 e. The van der Waals surface area contributed by atoms with Crippen LogP contribution < -0.4 is 16.5 Å². The van der Waals surface area contributed by atoms with Crippen molar-refractivity contribution in [3.63, 3.8) is 0 Å². The van der Waals surface area contributed by atoms with Crippen LogP contribution in [0.3, 0.4) is 0 Å². The lowest BCUT2D eigenvalue weighted by atomic mass is 10.1. The molecule has 0 aliphatic rings. The van der Waals surface area contributed by atoms with Crippen LogP contribution in [0.5, 0.6) is 0 Å². The summed E-state index contributed by atoms with van der Waals surface area (Å²) in [4.78, 5) is 41.6. The Kier molecular flexibility index (Phi) is 5.47. The quantitative estimate of drug-likeness (QED) is 0.410. The fourth-order valence-electron chi connectivity index (χ4n) is 3.98. The highest BCUT2D eigenvalue weighted by atomic mass is 16.4. The Labute approximate surface area is 193 Å². The molecule has 34 heavy (non-hydrogen) atoms. The highest BCUT2D eigenvalue weighted by molar-refractivity contribution is 5.93. The van der Waals surface area contributed by atoms with Crippen molar-refractivity contribution < 1.29 is 9.21 Å². The van der Waals surface area contributed by atoms with E-state index >= 15 is 0 Å². The number of nitrogens with zero attached hydrogens (tertiary/aromatic N) is 3. The summed E-state index contributed by atoms with van der Waals surface area (Å²) in [6.07, 6.45) is 3.91. The van der Waals surface area contributed by atoms with E-state index < -0.39 is 11.5 Å². The van der Waals surface area contributed by atoms with Gasteiger partial charge < -0.3 is 9.73 Å². The van der Waals surface area contributed by atoms with Crippen LogP contribution in [-0.2, 0) is 17.8 Å². The average molecular weight is 452 g/mol. The molecule has 2 aromatic carbocycles. The lowest BCUT2D eigenvalue weighted by Gasteiger charge is -2.12. The van der Waals surface area contributed by atoms with Crippen LogP contribution in [0.4, 0.5) is 5.69 Å². The molecule has 0 atom stereocenters. The van der Waals surface area contributed by atoms with Gasteiger partial charge in [-0.3, -0.25) is 14.6 Å². The van der Waals surface area contributed by atoms with Crippen molar-refractivity contribution in [2.45, 2.75) is 19.9 Å². The Morgan fingerprint density at radius 1 is 1.00 bits per heavy atom. The highest BCUT2D eigenvalue weighted by Gasteiger charge is 2.14. The molecule has 3 heterocycles. The standard InChI is InChI=1S/C26H20N4O4/c1-16-11-25(32)34-23-13-18(8-9-19(16)23)28-24(31)15-30-26(33)21-7-3-2-6-20(21)22(29-30)12-17-5-4-10-27-14-17/h2-11,13-14H,12,15H2,1H3,(H,28,31). The molecule has 5 aromatic rings. The number of amides is 1. The first-order chi connectivity index (χ1) is 16.5. The molecular formula is C26H20N4O4. The van der Waals surface area contributed by atoms with Gasteiger partial charge in [0.25, 0.3) is 5.56 Å². The van der Waals surface area contributed by atoms with Gasteiger partial charge in [0.2, 0.25) is 5.91 Å². The van der Waals surface area contributed by atoms with Crippen LogP contribution in [0.25, 0.3) is 21.7 Å². The number of nitrogens with one attached hydrogen (secondary N) is 1. The number of fused-ring (bicyclic) bond motifs is 2. The van der Waals surface area contributed by atoms with Gasteiger partial charge in [0.1, 0.15) is 12.1 Å². The van der Waals surface area contributed by atoms with E-state index in [0.717, 1.165) is 21.9 Å². The lowest BCUT2D eigenvalue weighted by Crippen LogP contribution is -2.30. The number of carbonyl (C=O) groups excluding carboxylic acids is 1. The summed E-state index contributed by atoms with van der Waals surface area (Å²) < 4.78 is 6.42. The number of hydrogen-bond acceptors (Lipinski definition) is 6. The second-order valence-electron chi connectivity index (χ2n) is 8.00. The topological polar surface area (TPSA) is 107 Å². The van der Waals surface area contributed by atoms with Crippen LogP contribution in [0.2, 0.25) is 0 Å². The third kappa shape index (κ3) is 4.21. The summed E-state index contributed by atoms with van der Waals surface area (Å²) in [5.41, 5.74) is 2.44. The van der Waals surface area contributed by atoms with Crippen LogP contribution in [0.15, 0.2) is 87.1 Å². The van der Waals surface area contributed by atoms with Crippen molar-refractivity contribution in [1.82, 2.24) is 14.8 Å². The zero-order valence-corrected chi connectivity index (χ0v) is 18.3. The molecule has 0 bridgehead atoms. The number of benzene rings is 2. The van der Waals surface area contributed by atoms with Crippen LogP contribution >= 0.6 is 0 Å². The van der Waals surface area contributed by atoms with Crippen molar-refractivity contribution >= 4 is 33.3 Å². The monoisotopic (exact) mass is 452 g/mol. The van der Waals surface area contributed by atoms with Gasteiger partial charge >= 0.3 is 5.63 Å². The molecule has 168 valence electrons. The molecule has 5 rings (SSSR count). The highest BCUT2D eigenvalue weighted by Crippen LogP contribution is 2.21. The van der Waals surface area contributed by atoms with Crippen LogP contribution in [0.1, 0.15) is 16.8 Å². The normalized spacial score (nSPS) is 11.1. The molecule has 0 fully saturated rings. The maximum absolute atomic E-state index is 13.0. The van der Waals surface area contributed by atoms with E-state index in [9.17, 15) is 14.4 Å². The van der Waals surface area contributed by atoms with E-state index in [-0.39, 0.29) is 12.1 Å². The Hall–Kier alpha value is -4.59. The molecule has 0 radical (unpaired) electrons. The van der Waals surface area contributed by atoms with Crippen LogP contribution in [0, 0.1) is 6.92 Å². The lowest BCUT2D eigenvalue weighted by molar-refractivity contribution is -0.117. The van der Waals surface area contributed by atoms with Gasteiger partial charge in [-0.15, -0.1) is 0 Å². The summed E-state index contributed by atoms with van der Waals surface area (Å²) >= 11 is 0. The molecular weight excluding hydrogens is 432 g/mol. The minimum atomic E-state index is -0.457. The fraction of sp³-hybridized carbons (Fsp3) is 0.115. The maximum atomic E-state index is 13.0. The molecule has 0 saturated carbocycles. The number of aromatic nitrogens is 3. The maximum Gasteiger partial charge on any atom is 0.336 e. The summed E-state index contributed by atoms with van der Waals surface area (Å²) in [5.74, 6) is -0.424. The van der Waals surface area contributed by atoms with Crippen molar-refractivity contribution in [2.24, 2.45) is 0 Å². The predicted octanol–water partition coefficient (Wildman–Crippen LogP) is 3.44. The number of hydrogen-bond donors (Lipinski definition) is 1. The molecule has 0 unspecified atom stereocenters. The van der Waals surface area contributed by atoms with Gasteiger partial charge in [0, 0.05) is 47.4 Å². The zero-order valence-electron chi connectivity index (χ0n) is 18.3. The number of aryl methyl sites for hydroxylation is 1. The first kappa shape index (κ1) is 21.3. The summed E-state index contributed by atoms with van der Waals surface area (Å²) in [7, 11) is 0. The van der Waals surface area contributed by atoms with Crippen molar-refractivity contribution in [3.8, 4) is 0 Å².